The van der Waals surface area contributed by atoms with E-state index < -0.39 is 0 Å². The predicted molar refractivity (Wildman–Crippen MR) is 66.0 cm³/mol. The van der Waals surface area contributed by atoms with Crippen LogP contribution in [-0.4, -0.2) is 14.8 Å². The van der Waals surface area contributed by atoms with Gasteiger partial charge in [0.15, 0.2) is 0 Å². The Balaban J connectivity index is 2.20. The maximum absolute atomic E-state index is 5.62. The van der Waals surface area contributed by atoms with Crippen molar-refractivity contribution in [2.75, 3.05) is 0 Å². The van der Waals surface area contributed by atoms with Crippen LogP contribution >= 0.6 is 0 Å². The Bertz CT molecular complexity index is 491. The first-order valence-corrected chi connectivity index (χ1v) is 5.55. The zero-order valence-corrected chi connectivity index (χ0v) is 10.1. The molecule has 1 atom stereocenters. The minimum atomic E-state index is 0.0629. The molecule has 0 aliphatic heterocycles. The van der Waals surface area contributed by atoms with Crippen LogP contribution in [0.25, 0.3) is 0 Å². The van der Waals surface area contributed by atoms with Gasteiger partial charge in [0.25, 0.3) is 0 Å². The van der Waals surface area contributed by atoms with Crippen molar-refractivity contribution in [1.82, 2.24) is 20.2 Å². The lowest BCUT2D eigenvalue weighted by atomic mass is 9.99. The Morgan fingerprint density at radius 3 is 2.88 bits per heavy atom. The lowest BCUT2D eigenvalue weighted by Crippen LogP contribution is -2.30. The van der Waals surface area contributed by atoms with E-state index in [0.29, 0.717) is 0 Å². The highest BCUT2D eigenvalue weighted by atomic mass is 15.2. The molecule has 3 N–H and O–H groups in total. The van der Waals surface area contributed by atoms with Crippen LogP contribution in [0.15, 0.2) is 30.9 Å². The lowest BCUT2D eigenvalue weighted by Gasteiger charge is -2.17. The smallest absolute Gasteiger partial charge is 0.0522 e. The van der Waals surface area contributed by atoms with Crippen LogP contribution in [0.2, 0.25) is 0 Å². The van der Waals surface area contributed by atoms with Gasteiger partial charge in [0, 0.05) is 25.6 Å². The van der Waals surface area contributed by atoms with Gasteiger partial charge in [-0.05, 0) is 36.1 Å². The molecule has 5 heteroatoms. The first-order chi connectivity index (χ1) is 8.20. The Hall–Kier alpha value is -1.72. The van der Waals surface area contributed by atoms with Gasteiger partial charge in [0.1, 0.15) is 0 Å². The maximum atomic E-state index is 5.62. The van der Waals surface area contributed by atoms with Gasteiger partial charge >= 0.3 is 0 Å². The van der Waals surface area contributed by atoms with Gasteiger partial charge in [-0.15, -0.1) is 0 Å². The normalized spacial score (nSPS) is 12.6. The van der Waals surface area contributed by atoms with Crippen LogP contribution in [-0.2, 0) is 13.5 Å². The van der Waals surface area contributed by atoms with Crippen molar-refractivity contribution in [1.29, 1.82) is 0 Å². The first-order valence-electron chi connectivity index (χ1n) is 5.55. The Morgan fingerprint density at radius 2 is 2.29 bits per heavy atom. The summed E-state index contributed by atoms with van der Waals surface area (Å²) < 4.78 is 1.79. The van der Waals surface area contributed by atoms with Crippen molar-refractivity contribution in [2.45, 2.75) is 19.4 Å². The van der Waals surface area contributed by atoms with E-state index in [1.807, 2.05) is 31.7 Å². The molecule has 0 aliphatic rings. The second-order valence-corrected chi connectivity index (χ2v) is 4.18. The molecular weight excluding hydrogens is 214 g/mol. The van der Waals surface area contributed by atoms with E-state index in [4.69, 9.17) is 5.84 Å². The van der Waals surface area contributed by atoms with E-state index in [0.717, 1.165) is 17.5 Å². The summed E-state index contributed by atoms with van der Waals surface area (Å²) in [6.07, 6.45) is 8.30. The third kappa shape index (κ3) is 2.69. The fourth-order valence-corrected chi connectivity index (χ4v) is 1.91. The molecule has 0 saturated carbocycles. The van der Waals surface area contributed by atoms with Crippen LogP contribution < -0.4 is 11.3 Å². The molecule has 0 bridgehead atoms. The Morgan fingerprint density at radius 1 is 1.47 bits per heavy atom. The molecule has 5 nitrogen and oxygen atoms in total. The SMILES string of the molecule is Cc1ccncc1C(Cc1cnn(C)c1)NN. The summed E-state index contributed by atoms with van der Waals surface area (Å²) in [5.74, 6) is 5.62. The largest absolute Gasteiger partial charge is 0.276 e. The van der Waals surface area contributed by atoms with E-state index in [1.54, 1.807) is 10.9 Å². The third-order valence-electron chi connectivity index (χ3n) is 2.85. The second kappa shape index (κ2) is 5.07. The van der Waals surface area contributed by atoms with Crippen LogP contribution in [0.3, 0.4) is 0 Å². The average molecular weight is 231 g/mol. The lowest BCUT2D eigenvalue weighted by molar-refractivity contribution is 0.547. The average Bonchev–Trinajstić information content (AvgIpc) is 2.73. The fraction of sp³-hybridized carbons (Fsp3) is 0.333. The summed E-state index contributed by atoms with van der Waals surface area (Å²) in [7, 11) is 1.91. The van der Waals surface area contributed by atoms with Crippen LogP contribution in [0.4, 0.5) is 0 Å². The van der Waals surface area contributed by atoms with E-state index >= 15 is 0 Å². The first kappa shape index (κ1) is 11.8. The molecule has 0 fully saturated rings. The Labute approximate surface area is 101 Å². The van der Waals surface area contributed by atoms with Gasteiger partial charge in [0.05, 0.1) is 12.2 Å². The van der Waals surface area contributed by atoms with E-state index in [9.17, 15) is 0 Å². The van der Waals surface area contributed by atoms with Crippen molar-refractivity contribution >= 4 is 0 Å². The van der Waals surface area contributed by atoms with Crippen molar-refractivity contribution in [2.24, 2.45) is 12.9 Å². The molecule has 2 aromatic heterocycles. The van der Waals surface area contributed by atoms with Gasteiger partial charge in [-0.1, -0.05) is 0 Å². The highest BCUT2D eigenvalue weighted by Gasteiger charge is 2.13. The molecule has 0 amide bonds. The number of nitrogens with two attached hydrogens (primary N) is 1. The molecule has 0 radical (unpaired) electrons. The van der Waals surface area contributed by atoms with Crippen molar-refractivity contribution in [3.05, 3.63) is 47.5 Å². The standard InChI is InChI=1S/C12H17N5/c1-9-3-4-14-7-11(9)12(16-13)5-10-6-15-17(2)8-10/h3-4,6-8,12,16H,5,13H2,1-2H3. The molecule has 2 aromatic rings. The number of hydrogen-bond acceptors (Lipinski definition) is 4. The van der Waals surface area contributed by atoms with Gasteiger partial charge in [-0.25, -0.2) is 0 Å². The Kier molecular flexibility index (Phi) is 3.51. The molecule has 2 rings (SSSR count). The zero-order chi connectivity index (χ0) is 12.3. The summed E-state index contributed by atoms with van der Waals surface area (Å²) in [5, 5.41) is 4.15. The van der Waals surface area contributed by atoms with E-state index in [2.05, 4.69) is 22.4 Å². The molecule has 1 unspecified atom stereocenters. The number of aryl methyl sites for hydroxylation is 2. The van der Waals surface area contributed by atoms with Crippen LogP contribution in [0.1, 0.15) is 22.7 Å². The molecular formula is C12H17N5. The molecule has 0 saturated heterocycles. The predicted octanol–water partition coefficient (Wildman–Crippen LogP) is 0.871. The zero-order valence-electron chi connectivity index (χ0n) is 10.1. The van der Waals surface area contributed by atoms with E-state index in [1.165, 1.54) is 5.56 Å². The van der Waals surface area contributed by atoms with Crippen LogP contribution in [0, 0.1) is 6.92 Å². The monoisotopic (exact) mass is 231 g/mol. The number of hydrogen-bond donors (Lipinski definition) is 2. The molecule has 17 heavy (non-hydrogen) atoms. The summed E-state index contributed by atoms with van der Waals surface area (Å²) in [6.45, 7) is 2.06. The van der Waals surface area contributed by atoms with Crippen molar-refractivity contribution in [3.8, 4) is 0 Å². The maximum Gasteiger partial charge on any atom is 0.0522 e. The third-order valence-corrected chi connectivity index (χ3v) is 2.85. The molecule has 2 heterocycles. The van der Waals surface area contributed by atoms with E-state index in [-0.39, 0.29) is 6.04 Å². The molecule has 0 aromatic carbocycles. The minimum Gasteiger partial charge on any atom is -0.276 e. The summed E-state index contributed by atoms with van der Waals surface area (Å²) >= 11 is 0. The highest BCUT2D eigenvalue weighted by Crippen LogP contribution is 2.19. The quantitative estimate of drug-likeness (QED) is 0.605. The second-order valence-electron chi connectivity index (χ2n) is 4.18. The molecule has 0 spiro atoms. The number of hydrazine groups is 1. The van der Waals surface area contributed by atoms with Crippen molar-refractivity contribution in [3.63, 3.8) is 0 Å². The minimum absolute atomic E-state index is 0.0629. The molecule has 0 aliphatic carbocycles. The fourth-order valence-electron chi connectivity index (χ4n) is 1.91. The summed E-state index contributed by atoms with van der Waals surface area (Å²) in [4.78, 5) is 4.14. The van der Waals surface area contributed by atoms with Gasteiger partial charge < -0.3 is 0 Å². The summed E-state index contributed by atoms with van der Waals surface area (Å²) in [6, 6.07) is 2.05. The number of nitrogens with zero attached hydrogens (tertiary/aromatic N) is 3. The number of pyridine rings is 1. The van der Waals surface area contributed by atoms with Gasteiger partial charge in [0.2, 0.25) is 0 Å². The van der Waals surface area contributed by atoms with Gasteiger partial charge in [-0.2, -0.15) is 5.10 Å². The van der Waals surface area contributed by atoms with Crippen LogP contribution in [0.5, 0.6) is 0 Å². The number of nitrogens with one attached hydrogen (secondary N) is 1. The number of rotatable bonds is 4. The topological polar surface area (TPSA) is 68.8 Å². The van der Waals surface area contributed by atoms with Crippen molar-refractivity contribution < 1.29 is 0 Å². The molecule has 90 valence electrons. The van der Waals surface area contributed by atoms with Gasteiger partial charge in [-0.3, -0.25) is 20.9 Å². The highest BCUT2D eigenvalue weighted by molar-refractivity contribution is 5.26. The summed E-state index contributed by atoms with van der Waals surface area (Å²) in [5.41, 5.74) is 6.30. The number of aromatic nitrogens is 3.